The van der Waals surface area contributed by atoms with E-state index >= 15 is 0 Å². The van der Waals surface area contributed by atoms with Crippen molar-refractivity contribution in [1.29, 1.82) is 0 Å². The third-order valence-corrected chi connectivity index (χ3v) is 9.84. The summed E-state index contributed by atoms with van der Waals surface area (Å²) in [5.41, 5.74) is 12.0. The molecular formula is C47H34N2. The van der Waals surface area contributed by atoms with Crippen LogP contribution in [0.1, 0.15) is 12.5 Å². The van der Waals surface area contributed by atoms with Crippen LogP contribution in [-0.2, 0) is 0 Å². The van der Waals surface area contributed by atoms with Gasteiger partial charge in [0.1, 0.15) is 0 Å². The first-order valence-electron chi connectivity index (χ1n) is 16.8. The SMILES string of the molecule is C=C/C=C\C=C(/C)c1ccc(-n2c3ccccc3c3c4c5ccccc5n(-c5ccc6cc(-c7ccccc7)ccc6c5)c4ccc32)cc1. The molecule has 0 unspecified atom stereocenters. The summed E-state index contributed by atoms with van der Waals surface area (Å²) in [6, 6.07) is 55.4. The highest BCUT2D eigenvalue weighted by molar-refractivity contribution is 6.29. The first kappa shape index (κ1) is 28.8. The van der Waals surface area contributed by atoms with Crippen molar-refractivity contribution >= 4 is 60.0 Å². The molecule has 2 aromatic heterocycles. The van der Waals surface area contributed by atoms with Gasteiger partial charge in [0.15, 0.2) is 0 Å². The molecule has 49 heavy (non-hydrogen) atoms. The second-order valence-corrected chi connectivity index (χ2v) is 12.7. The van der Waals surface area contributed by atoms with Crippen molar-refractivity contribution in [3.8, 4) is 22.5 Å². The Labute approximate surface area is 285 Å². The molecular weight excluding hydrogens is 593 g/mol. The van der Waals surface area contributed by atoms with Gasteiger partial charge in [-0.1, -0.05) is 128 Å². The van der Waals surface area contributed by atoms with Crippen LogP contribution in [0.4, 0.5) is 0 Å². The summed E-state index contributed by atoms with van der Waals surface area (Å²) in [5, 5.41) is 7.55. The maximum Gasteiger partial charge on any atom is 0.0548 e. The fourth-order valence-electron chi connectivity index (χ4n) is 7.51. The van der Waals surface area contributed by atoms with Gasteiger partial charge in [-0.2, -0.15) is 0 Å². The van der Waals surface area contributed by atoms with Crippen molar-refractivity contribution in [3.63, 3.8) is 0 Å². The lowest BCUT2D eigenvalue weighted by Crippen LogP contribution is -1.95. The molecule has 2 heterocycles. The largest absolute Gasteiger partial charge is 0.309 e. The zero-order valence-electron chi connectivity index (χ0n) is 27.3. The highest BCUT2D eigenvalue weighted by Crippen LogP contribution is 2.42. The molecule has 0 fully saturated rings. The molecule has 2 nitrogen and oxygen atoms in total. The summed E-state index contributed by atoms with van der Waals surface area (Å²) >= 11 is 0. The molecule has 0 aliphatic heterocycles. The number of para-hydroxylation sites is 2. The molecule has 2 heteroatoms. The second kappa shape index (κ2) is 11.7. The lowest BCUT2D eigenvalue weighted by molar-refractivity contribution is 1.17. The number of rotatable bonds is 6. The summed E-state index contributed by atoms with van der Waals surface area (Å²) in [5.74, 6) is 0. The topological polar surface area (TPSA) is 9.86 Å². The number of hydrogen-bond acceptors (Lipinski definition) is 0. The summed E-state index contributed by atoms with van der Waals surface area (Å²) < 4.78 is 4.85. The van der Waals surface area contributed by atoms with Gasteiger partial charge >= 0.3 is 0 Å². The molecule has 0 amide bonds. The zero-order valence-corrected chi connectivity index (χ0v) is 27.3. The molecule has 0 N–H and O–H groups in total. The van der Waals surface area contributed by atoms with Gasteiger partial charge in [0, 0.05) is 32.9 Å². The minimum absolute atomic E-state index is 1.15. The molecule has 7 aromatic carbocycles. The van der Waals surface area contributed by atoms with E-state index in [2.05, 4.69) is 180 Å². The molecule has 0 radical (unpaired) electrons. The highest BCUT2D eigenvalue weighted by Gasteiger charge is 2.20. The van der Waals surface area contributed by atoms with Gasteiger partial charge in [0.05, 0.1) is 22.1 Å². The standard InChI is InChI=1S/C47H34N2/c1-3-4-6-13-32(2)33-22-25-38(26-23-33)48-42-18-11-9-16-40(42)46-44(48)28-29-45-47(46)41-17-10-12-19-43(41)49(45)39-27-24-36-30-35(20-21-37(36)31-39)34-14-7-5-8-15-34/h3-31H,1H2,2H3/b6-4-,32-13+. The van der Waals surface area contributed by atoms with Gasteiger partial charge in [-0.25, -0.2) is 0 Å². The average Bonchev–Trinajstić information content (AvgIpc) is 3.68. The summed E-state index contributed by atoms with van der Waals surface area (Å²) in [4.78, 5) is 0. The Bertz CT molecular complexity index is 2770. The molecule has 0 aliphatic rings. The maximum absolute atomic E-state index is 3.77. The first-order valence-corrected chi connectivity index (χ1v) is 16.8. The van der Waals surface area contributed by atoms with Crippen molar-refractivity contribution in [2.24, 2.45) is 0 Å². The quantitative estimate of drug-likeness (QED) is 0.163. The highest BCUT2D eigenvalue weighted by atomic mass is 15.0. The minimum Gasteiger partial charge on any atom is -0.309 e. The van der Waals surface area contributed by atoms with Gasteiger partial charge in [-0.3, -0.25) is 0 Å². The van der Waals surface area contributed by atoms with Crippen LogP contribution < -0.4 is 0 Å². The van der Waals surface area contributed by atoms with E-state index in [0.29, 0.717) is 0 Å². The lowest BCUT2D eigenvalue weighted by Gasteiger charge is -2.11. The number of aromatic nitrogens is 2. The van der Waals surface area contributed by atoms with E-state index in [4.69, 9.17) is 0 Å². The monoisotopic (exact) mass is 626 g/mol. The summed E-state index contributed by atoms with van der Waals surface area (Å²) in [6.07, 6.45) is 7.91. The van der Waals surface area contributed by atoms with Gasteiger partial charge < -0.3 is 9.13 Å². The van der Waals surface area contributed by atoms with Crippen LogP contribution in [0, 0.1) is 0 Å². The van der Waals surface area contributed by atoms with Crippen LogP contribution in [-0.4, -0.2) is 9.13 Å². The van der Waals surface area contributed by atoms with Crippen LogP contribution in [0.5, 0.6) is 0 Å². The maximum atomic E-state index is 3.77. The van der Waals surface area contributed by atoms with E-state index in [1.165, 1.54) is 76.6 Å². The molecule has 0 saturated heterocycles. The molecule has 232 valence electrons. The smallest absolute Gasteiger partial charge is 0.0548 e. The average molecular weight is 627 g/mol. The number of fused-ring (bicyclic) bond motifs is 8. The molecule has 0 bridgehead atoms. The van der Waals surface area contributed by atoms with Gasteiger partial charge in [0.25, 0.3) is 0 Å². The Balaban J connectivity index is 1.25. The van der Waals surface area contributed by atoms with E-state index in [-0.39, 0.29) is 0 Å². The predicted molar refractivity (Wildman–Crippen MR) is 211 cm³/mol. The Morgan fingerprint density at radius 3 is 1.73 bits per heavy atom. The van der Waals surface area contributed by atoms with Crippen molar-refractivity contribution in [2.45, 2.75) is 6.92 Å². The molecule has 0 saturated carbocycles. The first-order chi connectivity index (χ1) is 24.2. The Kier molecular flexibility index (Phi) is 6.88. The van der Waals surface area contributed by atoms with Crippen molar-refractivity contribution in [2.75, 3.05) is 0 Å². The van der Waals surface area contributed by atoms with Crippen LogP contribution in [0.3, 0.4) is 0 Å². The van der Waals surface area contributed by atoms with Crippen molar-refractivity contribution < 1.29 is 0 Å². The Morgan fingerprint density at radius 1 is 0.490 bits per heavy atom. The Hall–Kier alpha value is -6.38. The number of nitrogens with zero attached hydrogens (tertiary/aromatic N) is 2. The van der Waals surface area contributed by atoms with Crippen LogP contribution in [0.25, 0.3) is 82.5 Å². The van der Waals surface area contributed by atoms with E-state index in [9.17, 15) is 0 Å². The predicted octanol–water partition coefficient (Wildman–Crippen LogP) is 12.8. The molecule has 0 aliphatic carbocycles. The van der Waals surface area contributed by atoms with Crippen molar-refractivity contribution in [3.05, 3.63) is 188 Å². The van der Waals surface area contributed by atoms with E-state index in [0.717, 1.165) is 11.4 Å². The normalized spacial score (nSPS) is 12.3. The van der Waals surface area contributed by atoms with Gasteiger partial charge in [0.2, 0.25) is 0 Å². The zero-order chi connectivity index (χ0) is 32.9. The number of hydrogen-bond donors (Lipinski definition) is 0. The van der Waals surface area contributed by atoms with E-state index in [1.807, 2.05) is 12.2 Å². The van der Waals surface area contributed by atoms with Gasteiger partial charge in [-0.15, -0.1) is 0 Å². The molecule has 0 spiro atoms. The third-order valence-electron chi connectivity index (χ3n) is 9.84. The number of benzene rings is 7. The van der Waals surface area contributed by atoms with Crippen LogP contribution in [0.15, 0.2) is 183 Å². The summed E-state index contributed by atoms with van der Waals surface area (Å²) in [7, 11) is 0. The van der Waals surface area contributed by atoms with Crippen molar-refractivity contribution in [1.82, 2.24) is 9.13 Å². The van der Waals surface area contributed by atoms with Gasteiger partial charge in [-0.05, 0) is 94.6 Å². The lowest BCUT2D eigenvalue weighted by atomic mass is 10.0. The number of allylic oxidation sites excluding steroid dienone is 5. The molecule has 0 atom stereocenters. The molecule has 9 rings (SSSR count). The van der Waals surface area contributed by atoms with Crippen LogP contribution >= 0.6 is 0 Å². The minimum atomic E-state index is 1.15. The van der Waals surface area contributed by atoms with Crippen LogP contribution in [0.2, 0.25) is 0 Å². The molecule has 9 aromatic rings. The fraction of sp³-hybridized carbons (Fsp3) is 0.0213. The van der Waals surface area contributed by atoms with E-state index < -0.39 is 0 Å². The fourth-order valence-corrected chi connectivity index (χ4v) is 7.51. The Morgan fingerprint density at radius 2 is 1.06 bits per heavy atom. The third kappa shape index (κ3) is 4.72. The second-order valence-electron chi connectivity index (χ2n) is 12.7. The van der Waals surface area contributed by atoms with E-state index in [1.54, 1.807) is 6.08 Å². The summed E-state index contributed by atoms with van der Waals surface area (Å²) in [6.45, 7) is 5.92.